The minimum absolute atomic E-state index is 0.0744. The van der Waals surface area contributed by atoms with Crippen molar-refractivity contribution >= 4 is 10.0 Å². The summed E-state index contributed by atoms with van der Waals surface area (Å²) in [5, 5.41) is 0. The number of aryl methyl sites for hydroxylation is 1. The topological polar surface area (TPSA) is 46.2 Å². The van der Waals surface area contributed by atoms with Crippen molar-refractivity contribution in [3.63, 3.8) is 0 Å². The Morgan fingerprint density at radius 2 is 1.90 bits per heavy atom. The fraction of sp³-hybridized carbons (Fsp3) is 0.625. The Morgan fingerprint density at radius 1 is 1.25 bits per heavy atom. The van der Waals surface area contributed by atoms with E-state index in [0.717, 1.165) is 32.1 Å². The standard InChI is InChI=1S/C16H25NO2S/c1-4-5-13-6-8-15(9-7-13)20(18,19)17-14-10-11-16(2,3)12-14/h6-9,14,17H,4-5,10-12H2,1-3H3. The zero-order chi connectivity index (χ0) is 14.8. The molecule has 1 aliphatic rings. The Bertz CT molecular complexity index is 546. The second kappa shape index (κ2) is 5.86. The second-order valence-corrected chi connectivity index (χ2v) is 8.33. The van der Waals surface area contributed by atoms with Gasteiger partial charge >= 0.3 is 0 Å². The highest BCUT2D eigenvalue weighted by Gasteiger charge is 2.33. The van der Waals surface area contributed by atoms with E-state index in [1.165, 1.54) is 5.56 Å². The van der Waals surface area contributed by atoms with E-state index < -0.39 is 10.0 Å². The maximum atomic E-state index is 12.4. The first-order valence-electron chi connectivity index (χ1n) is 7.44. The van der Waals surface area contributed by atoms with Crippen LogP contribution >= 0.6 is 0 Å². The molecule has 1 fully saturated rings. The first-order chi connectivity index (χ1) is 9.32. The van der Waals surface area contributed by atoms with Gasteiger partial charge in [-0.2, -0.15) is 0 Å². The van der Waals surface area contributed by atoms with Gasteiger partial charge in [0.1, 0.15) is 0 Å². The highest BCUT2D eigenvalue weighted by molar-refractivity contribution is 7.89. The molecule has 20 heavy (non-hydrogen) atoms. The monoisotopic (exact) mass is 295 g/mol. The van der Waals surface area contributed by atoms with Gasteiger partial charge in [0.05, 0.1) is 4.90 Å². The molecule has 2 rings (SSSR count). The molecule has 1 aromatic carbocycles. The van der Waals surface area contributed by atoms with Crippen molar-refractivity contribution in [1.29, 1.82) is 0 Å². The molecule has 112 valence electrons. The number of hydrogen-bond donors (Lipinski definition) is 1. The summed E-state index contributed by atoms with van der Waals surface area (Å²) in [5.41, 5.74) is 1.44. The van der Waals surface area contributed by atoms with E-state index in [4.69, 9.17) is 0 Å². The average molecular weight is 295 g/mol. The van der Waals surface area contributed by atoms with E-state index >= 15 is 0 Å². The van der Waals surface area contributed by atoms with Gasteiger partial charge in [-0.25, -0.2) is 13.1 Å². The summed E-state index contributed by atoms with van der Waals surface area (Å²) in [5.74, 6) is 0. The van der Waals surface area contributed by atoms with Gasteiger partial charge in [-0.05, 0) is 48.8 Å². The third kappa shape index (κ3) is 3.83. The molecule has 1 aliphatic carbocycles. The summed E-state index contributed by atoms with van der Waals surface area (Å²) < 4.78 is 27.6. The quantitative estimate of drug-likeness (QED) is 0.903. The zero-order valence-corrected chi connectivity index (χ0v) is 13.5. The van der Waals surface area contributed by atoms with Crippen molar-refractivity contribution in [3.05, 3.63) is 29.8 Å². The number of nitrogens with one attached hydrogen (secondary N) is 1. The summed E-state index contributed by atoms with van der Waals surface area (Å²) in [6, 6.07) is 7.33. The largest absolute Gasteiger partial charge is 0.240 e. The van der Waals surface area contributed by atoms with Crippen LogP contribution in [0.2, 0.25) is 0 Å². The van der Waals surface area contributed by atoms with Gasteiger partial charge in [-0.1, -0.05) is 39.3 Å². The molecule has 1 unspecified atom stereocenters. The van der Waals surface area contributed by atoms with Gasteiger partial charge in [-0.3, -0.25) is 0 Å². The molecule has 1 N–H and O–H groups in total. The molecule has 0 aliphatic heterocycles. The Balaban J connectivity index is 2.07. The van der Waals surface area contributed by atoms with Crippen LogP contribution in [0.1, 0.15) is 52.0 Å². The van der Waals surface area contributed by atoms with Gasteiger partial charge in [-0.15, -0.1) is 0 Å². The Kier molecular flexibility index (Phi) is 4.55. The van der Waals surface area contributed by atoms with Crippen LogP contribution in [0.4, 0.5) is 0 Å². The third-order valence-corrected chi connectivity index (χ3v) is 5.60. The lowest BCUT2D eigenvalue weighted by Gasteiger charge is -2.18. The Hall–Kier alpha value is -0.870. The van der Waals surface area contributed by atoms with Crippen molar-refractivity contribution in [2.24, 2.45) is 5.41 Å². The lowest BCUT2D eigenvalue weighted by Crippen LogP contribution is -2.33. The van der Waals surface area contributed by atoms with Crippen molar-refractivity contribution in [2.45, 2.75) is 63.8 Å². The maximum Gasteiger partial charge on any atom is 0.240 e. The predicted molar refractivity (Wildman–Crippen MR) is 82.2 cm³/mol. The van der Waals surface area contributed by atoms with E-state index in [0.29, 0.717) is 4.90 Å². The molecule has 1 atom stereocenters. The van der Waals surface area contributed by atoms with Gasteiger partial charge in [0.25, 0.3) is 0 Å². The summed E-state index contributed by atoms with van der Waals surface area (Å²) >= 11 is 0. The molecule has 1 saturated carbocycles. The van der Waals surface area contributed by atoms with Crippen molar-refractivity contribution in [2.75, 3.05) is 0 Å². The molecule has 0 bridgehead atoms. The summed E-state index contributed by atoms with van der Waals surface area (Å²) in [4.78, 5) is 0.377. The first kappa shape index (κ1) is 15.5. The number of sulfonamides is 1. The van der Waals surface area contributed by atoms with Crippen LogP contribution in [0.15, 0.2) is 29.2 Å². The van der Waals surface area contributed by atoms with Crippen molar-refractivity contribution in [1.82, 2.24) is 4.72 Å². The SMILES string of the molecule is CCCc1ccc(S(=O)(=O)NC2CCC(C)(C)C2)cc1. The highest BCUT2D eigenvalue weighted by atomic mass is 32.2. The Labute approximate surface area is 122 Å². The fourth-order valence-electron chi connectivity index (χ4n) is 2.95. The van der Waals surface area contributed by atoms with E-state index in [1.807, 2.05) is 12.1 Å². The van der Waals surface area contributed by atoms with Crippen LogP contribution in [0.5, 0.6) is 0 Å². The van der Waals surface area contributed by atoms with E-state index in [2.05, 4.69) is 25.5 Å². The van der Waals surface area contributed by atoms with Crippen LogP contribution in [-0.2, 0) is 16.4 Å². The number of rotatable bonds is 5. The van der Waals surface area contributed by atoms with Crippen molar-refractivity contribution < 1.29 is 8.42 Å². The molecular weight excluding hydrogens is 270 g/mol. The number of benzene rings is 1. The fourth-order valence-corrected chi connectivity index (χ4v) is 4.22. The van der Waals surface area contributed by atoms with E-state index in [9.17, 15) is 8.42 Å². The molecule has 3 nitrogen and oxygen atoms in total. The molecular formula is C16H25NO2S. The van der Waals surface area contributed by atoms with Crippen LogP contribution in [0, 0.1) is 5.41 Å². The van der Waals surface area contributed by atoms with E-state index in [-0.39, 0.29) is 11.5 Å². The molecule has 0 saturated heterocycles. The van der Waals surface area contributed by atoms with Gasteiger partial charge < -0.3 is 0 Å². The van der Waals surface area contributed by atoms with Crippen LogP contribution in [0.3, 0.4) is 0 Å². The van der Waals surface area contributed by atoms with Crippen LogP contribution in [0.25, 0.3) is 0 Å². The summed E-state index contributed by atoms with van der Waals surface area (Å²) in [6.45, 7) is 6.51. The first-order valence-corrected chi connectivity index (χ1v) is 8.92. The Morgan fingerprint density at radius 3 is 2.40 bits per heavy atom. The highest BCUT2D eigenvalue weighted by Crippen LogP contribution is 2.37. The minimum atomic E-state index is -3.38. The molecule has 0 aromatic heterocycles. The van der Waals surface area contributed by atoms with Gasteiger partial charge in [0.2, 0.25) is 10.0 Å². The van der Waals surface area contributed by atoms with Gasteiger partial charge in [0, 0.05) is 6.04 Å². The van der Waals surface area contributed by atoms with Gasteiger partial charge in [0.15, 0.2) is 0 Å². The minimum Gasteiger partial charge on any atom is -0.208 e. The molecule has 1 aromatic rings. The van der Waals surface area contributed by atoms with Crippen LogP contribution in [-0.4, -0.2) is 14.5 Å². The molecule has 0 amide bonds. The van der Waals surface area contributed by atoms with E-state index in [1.54, 1.807) is 12.1 Å². The second-order valence-electron chi connectivity index (χ2n) is 6.62. The molecule has 0 spiro atoms. The van der Waals surface area contributed by atoms with Crippen LogP contribution < -0.4 is 4.72 Å². The average Bonchev–Trinajstić information content (AvgIpc) is 2.69. The van der Waals surface area contributed by atoms with Crippen molar-refractivity contribution in [3.8, 4) is 0 Å². The predicted octanol–water partition coefficient (Wildman–Crippen LogP) is 3.50. The summed E-state index contributed by atoms with van der Waals surface area (Å²) in [7, 11) is -3.38. The number of hydrogen-bond acceptors (Lipinski definition) is 2. The maximum absolute atomic E-state index is 12.4. The normalized spacial score (nSPS) is 22.1. The third-order valence-electron chi connectivity index (χ3n) is 4.06. The molecule has 0 radical (unpaired) electrons. The lowest BCUT2D eigenvalue weighted by atomic mass is 9.92. The molecule has 4 heteroatoms. The summed E-state index contributed by atoms with van der Waals surface area (Å²) in [6.07, 6.45) is 4.99. The lowest BCUT2D eigenvalue weighted by molar-refractivity contribution is 0.372. The molecule has 0 heterocycles. The zero-order valence-electron chi connectivity index (χ0n) is 12.6. The smallest absolute Gasteiger partial charge is 0.208 e.